The number of nitrogens with zero attached hydrogens (tertiary/aromatic N) is 1. The summed E-state index contributed by atoms with van der Waals surface area (Å²) in [6.45, 7) is 0. The maximum absolute atomic E-state index is 12.8. The number of hydrogen-bond acceptors (Lipinski definition) is 3. The Hall–Kier alpha value is -1.92. The van der Waals surface area contributed by atoms with Crippen LogP contribution >= 0.6 is 47.0 Å². The number of nitrogens with one attached hydrogen (secondary N) is 1. The Kier molecular flexibility index (Phi) is 5.11. The van der Waals surface area contributed by atoms with Gasteiger partial charge in [-0.1, -0.05) is 46.9 Å². The molecule has 0 spiro atoms. The lowest BCUT2D eigenvalue weighted by molar-refractivity contribution is -0.122. The molecule has 4 nitrogen and oxygen atoms in total. The summed E-state index contributed by atoms with van der Waals surface area (Å²) in [5.74, 6) is -1.15. The van der Waals surface area contributed by atoms with E-state index in [-0.39, 0.29) is 15.7 Å². The van der Waals surface area contributed by atoms with Crippen molar-refractivity contribution in [3.8, 4) is 0 Å². The molecule has 2 aromatic carbocycles. The van der Waals surface area contributed by atoms with Crippen LogP contribution in [0.25, 0.3) is 6.08 Å². The molecule has 3 rings (SSSR count). The molecule has 0 aliphatic carbocycles. The van der Waals surface area contributed by atoms with Gasteiger partial charge in [0, 0.05) is 10.0 Å². The standard InChI is InChI=1S/C17H9Cl3N2O2S/c18-10-3-1-9(2-4-10)7-12-15(23)21-17(25)22(16(12)24)14-6-5-11(19)8-13(14)20/h1-8H,(H,21,23,25). The molecule has 1 aliphatic rings. The number of thiocarbonyl (C=S) groups is 1. The molecule has 25 heavy (non-hydrogen) atoms. The summed E-state index contributed by atoms with van der Waals surface area (Å²) in [6.07, 6.45) is 1.46. The van der Waals surface area contributed by atoms with Gasteiger partial charge in [-0.05, 0) is 54.2 Å². The van der Waals surface area contributed by atoms with E-state index in [1.54, 1.807) is 36.4 Å². The maximum Gasteiger partial charge on any atom is 0.270 e. The van der Waals surface area contributed by atoms with E-state index in [0.29, 0.717) is 21.3 Å². The predicted molar refractivity (Wildman–Crippen MR) is 104 cm³/mol. The van der Waals surface area contributed by atoms with E-state index in [9.17, 15) is 9.59 Å². The minimum absolute atomic E-state index is 0.0486. The summed E-state index contributed by atoms with van der Waals surface area (Å²) in [5.41, 5.74) is 0.919. The van der Waals surface area contributed by atoms with Crippen molar-refractivity contribution in [2.45, 2.75) is 0 Å². The van der Waals surface area contributed by atoms with Gasteiger partial charge in [-0.3, -0.25) is 19.8 Å². The van der Waals surface area contributed by atoms with Crippen LogP contribution in [0.1, 0.15) is 5.56 Å². The lowest BCUT2D eigenvalue weighted by atomic mass is 10.1. The molecule has 0 atom stereocenters. The average Bonchev–Trinajstić information content (AvgIpc) is 2.55. The maximum atomic E-state index is 12.8. The second kappa shape index (κ2) is 7.14. The van der Waals surface area contributed by atoms with Crippen molar-refractivity contribution >= 4 is 75.7 Å². The van der Waals surface area contributed by atoms with Gasteiger partial charge in [0.2, 0.25) is 0 Å². The Morgan fingerprint density at radius 2 is 1.60 bits per heavy atom. The zero-order valence-electron chi connectivity index (χ0n) is 12.4. The fourth-order valence-electron chi connectivity index (χ4n) is 2.26. The van der Waals surface area contributed by atoms with Gasteiger partial charge in [0.15, 0.2) is 5.11 Å². The monoisotopic (exact) mass is 410 g/mol. The van der Waals surface area contributed by atoms with Gasteiger partial charge in [0.25, 0.3) is 11.8 Å². The fraction of sp³-hybridized carbons (Fsp3) is 0. The highest BCUT2D eigenvalue weighted by molar-refractivity contribution is 7.80. The Bertz CT molecular complexity index is 926. The van der Waals surface area contributed by atoms with Crippen LogP contribution in [0.5, 0.6) is 0 Å². The van der Waals surface area contributed by atoms with Crippen molar-refractivity contribution in [2.24, 2.45) is 0 Å². The largest absolute Gasteiger partial charge is 0.298 e. The number of carbonyl (C=O) groups excluding carboxylic acids is 2. The van der Waals surface area contributed by atoms with Crippen molar-refractivity contribution in [1.29, 1.82) is 0 Å². The van der Waals surface area contributed by atoms with Crippen molar-refractivity contribution in [3.63, 3.8) is 0 Å². The first-order valence-corrected chi connectivity index (χ1v) is 8.53. The molecular formula is C17H9Cl3N2O2S. The Morgan fingerprint density at radius 3 is 2.24 bits per heavy atom. The summed E-state index contributed by atoms with van der Waals surface area (Å²) >= 11 is 23.0. The third kappa shape index (κ3) is 3.70. The van der Waals surface area contributed by atoms with Crippen molar-refractivity contribution < 1.29 is 9.59 Å². The molecular weight excluding hydrogens is 403 g/mol. The Labute approximate surface area is 164 Å². The van der Waals surface area contributed by atoms with Crippen molar-refractivity contribution in [2.75, 3.05) is 4.90 Å². The third-order valence-corrected chi connectivity index (χ3v) is 4.51. The van der Waals surface area contributed by atoms with E-state index in [4.69, 9.17) is 47.0 Å². The molecule has 1 N–H and O–H groups in total. The molecule has 0 bridgehead atoms. The highest BCUT2D eigenvalue weighted by atomic mass is 35.5. The van der Waals surface area contributed by atoms with Gasteiger partial charge < -0.3 is 0 Å². The zero-order chi connectivity index (χ0) is 18.1. The lowest BCUT2D eigenvalue weighted by Crippen LogP contribution is -2.54. The van der Waals surface area contributed by atoms with Crippen molar-refractivity contribution in [1.82, 2.24) is 5.32 Å². The lowest BCUT2D eigenvalue weighted by Gasteiger charge is -2.29. The SMILES string of the molecule is O=C1NC(=S)N(c2ccc(Cl)cc2Cl)C(=O)C1=Cc1ccc(Cl)cc1. The van der Waals surface area contributed by atoms with Gasteiger partial charge in [0.1, 0.15) is 5.57 Å². The summed E-state index contributed by atoms with van der Waals surface area (Å²) in [4.78, 5) is 26.2. The van der Waals surface area contributed by atoms with E-state index in [1.165, 1.54) is 12.1 Å². The number of benzene rings is 2. The van der Waals surface area contributed by atoms with Crippen LogP contribution in [0.4, 0.5) is 5.69 Å². The first-order valence-electron chi connectivity index (χ1n) is 6.99. The van der Waals surface area contributed by atoms with E-state index in [0.717, 1.165) is 4.90 Å². The van der Waals surface area contributed by atoms with Gasteiger partial charge in [-0.25, -0.2) is 0 Å². The van der Waals surface area contributed by atoms with Crippen LogP contribution in [0.3, 0.4) is 0 Å². The van der Waals surface area contributed by atoms with Crippen LogP contribution in [-0.2, 0) is 9.59 Å². The van der Waals surface area contributed by atoms with Gasteiger partial charge >= 0.3 is 0 Å². The molecule has 126 valence electrons. The molecule has 1 aliphatic heterocycles. The fourth-order valence-corrected chi connectivity index (χ4v) is 3.16. The van der Waals surface area contributed by atoms with E-state index >= 15 is 0 Å². The van der Waals surface area contributed by atoms with Crippen LogP contribution < -0.4 is 10.2 Å². The number of hydrogen-bond donors (Lipinski definition) is 1. The molecule has 2 aromatic rings. The molecule has 0 saturated carbocycles. The molecule has 0 radical (unpaired) electrons. The van der Waals surface area contributed by atoms with Crippen LogP contribution in [0.15, 0.2) is 48.0 Å². The normalized spacial score (nSPS) is 16.4. The predicted octanol–water partition coefficient (Wildman–Crippen LogP) is 4.48. The molecule has 1 saturated heterocycles. The highest BCUT2D eigenvalue weighted by Gasteiger charge is 2.35. The number of amides is 2. The smallest absolute Gasteiger partial charge is 0.270 e. The van der Waals surface area contributed by atoms with Crippen molar-refractivity contribution in [3.05, 3.63) is 68.7 Å². The first kappa shape index (κ1) is 17.9. The van der Waals surface area contributed by atoms with Gasteiger partial charge in [-0.2, -0.15) is 0 Å². The molecule has 8 heteroatoms. The molecule has 0 unspecified atom stereocenters. The second-order valence-electron chi connectivity index (χ2n) is 5.11. The quantitative estimate of drug-likeness (QED) is 0.450. The van der Waals surface area contributed by atoms with E-state index in [2.05, 4.69) is 5.32 Å². The number of halogens is 3. The number of anilines is 1. The van der Waals surface area contributed by atoms with Crippen LogP contribution in [0.2, 0.25) is 15.1 Å². The Balaban J connectivity index is 2.03. The van der Waals surface area contributed by atoms with Crippen LogP contribution in [-0.4, -0.2) is 16.9 Å². The zero-order valence-corrected chi connectivity index (χ0v) is 15.5. The minimum atomic E-state index is -0.578. The number of carbonyl (C=O) groups is 2. The topological polar surface area (TPSA) is 49.4 Å². The third-order valence-electron chi connectivity index (χ3n) is 3.43. The first-order chi connectivity index (χ1) is 11.9. The van der Waals surface area contributed by atoms with Crippen LogP contribution in [0, 0.1) is 0 Å². The summed E-state index contributed by atoms with van der Waals surface area (Å²) in [7, 11) is 0. The summed E-state index contributed by atoms with van der Waals surface area (Å²) in [6, 6.07) is 11.4. The summed E-state index contributed by atoms with van der Waals surface area (Å²) < 4.78 is 0. The number of rotatable bonds is 2. The molecule has 1 heterocycles. The molecule has 0 aromatic heterocycles. The minimum Gasteiger partial charge on any atom is -0.298 e. The van der Waals surface area contributed by atoms with E-state index < -0.39 is 11.8 Å². The van der Waals surface area contributed by atoms with E-state index in [1.807, 2.05) is 0 Å². The molecule has 2 amide bonds. The van der Waals surface area contributed by atoms with Gasteiger partial charge in [0.05, 0.1) is 10.7 Å². The van der Waals surface area contributed by atoms with Gasteiger partial charge in [-0.15, -0.1) is 0 Å². The molecule has 1 fully saturated rings. The highest BCUT2D eigenvalue weighted by Crippen LogP contribution is 2.31. The summed E-state index contributed by atoms with van der Waals surface area (Å²) in [5, 5.41) is 3.66. The second-order valence-corrected chi connectivity index (χ2v) is 6.77. The Morgan fingerprint density at radius 1 is 0.960 bits per heavy atom. The average molecular weight is 412 g/mol.